The van der Waals surface area contributed by atoms with E-state index in [1.165, 1.54) is 25.7 Å². The Hall–Kier alpha value is -1.30. The molecule has 0 atom stereocenters. The Balaban J connectivity index is 0.000000183. The smallest absolute Gasteiger partial charge is 0.414 e. The molecule has 6 N–H and O–H groups in total. The van der Waals surface area contributed by atoms with Crippen molar-refractivity contribution in [1.82, 2.24) is 0 Å². The zero-order valence-corrected chi connectivity index (χ0v) is 19.0. The summed E-state index contributed by atoms with van der Waals surface area (Å²) >= 11 is 0. The predicted molar refractivity (Wildman–Crippen MR) is 116 cm³/mol. The van der Waals surface area contributed by atoms with Crippen LogP contribution in [0, 0.1) is 11.8 Å². The second kappa shape index (κ2) is 13.4. The number of carboxylic acids is 2. The number of nitrogens with two attached hydrogens (primary N) is 2. The van der Waals surface area contributed by atoms with E-state index in [0.29, 0.717) is 0 Å². The number of carboxylic acid groups (broad SMARTS) is 2. The lowest BCUT2D eigenvalue weighted by atomic mass is 9.83. The molecule has 10 heteroatoms. The number of hydrogen-bond donors (Lipinski definition) is 4. The standard InChI is InChI=1S/2C10H19NO2.C2H2O4/c2*11-6-3-9-1-4-10(5-2-9)12-7-8-13-10;3-1(4)2(5)6/h2*9H,1-8,11H2;(H,3,4)(H,5,6). The van der Waals surface area contributed by atoms with Crippen molar-refractivity contribution in [3.63, 3.8) is 0 Å². The van der Waals surface area contributed by atoms with E-state index in [2.05, 4.69) is 0 Å². The van der Waals surface area contributed by atoms with Gasteiger partial charge in [-0.15, -0.1) is 0 Å². The van der Waals surface area contributed by atoms with Crippen molar-refractivity contribution in [1.29, 1.82) is 0 Å². The molecule has 2 saturated heterocycles. The molecule has 2 aliphatic carbocycles. The topological polar surface area (TPSA) is 164 Å². The van der Waals surface area contributed by atoms with Crippen molar-refractivity contribution < 1.29 is 38.7 Å². The van der Waals surface area contributed by atoms with Crippen LogP contribution in [0.25, 0.3) is 0 Å². The third-order valence-electron chi connectivity index (χ3n) is 6.69. The highest BCUT2D eigenvalue weighted by Gasteiger charge is 2.40. The molecule has 0 aromatic carbocycles. The first kappa shape index (κ1) is 26.9. The quantitative estimate of drug-likeness (QED) is 0.454. The summed E-state index contributed by atoms with van der Waals surface area (Å²) in [6, 6.07) is 0. The Bertz CT molecular complexity index is 506. The van der Waals surface area contributed by atoms with Crippen LogP contribution in [0.4, 0.5) is 0 Å². The highest BCUT2D eigenvalue weighted by Crippen LogP contribution is 2.40. The molecule has 4 aliphatic rings. The maximum atomic E-state index is 9.10. The fourth-order valence-electron chi connectivity index (χ4n) is 4.85. The fraction of sp³-hybridized carbons (Fsp3) is 0.909. The Morgan fingerprint density at radius 1 is 0.656 bits per heavy atom. The minimum absolute atomic E-state index is 0.189. The molecule has 186 valence electrons. The monoisotopic (exact) mass is 460 g/mol. The van der Waals surface area contributed by atoms with Crippen LogP contribution >= 0.6 is 0 Å². The van der Waals surface area contributed by atoms with Crippen LogP contribution in [-0.4, -0.2) is 73.2 Å². The van der Waals surface area contributed by atoms with Crippen LogP contribution in [0.15, 0.2) is 0 Å². The molecule has 0 bridgehead atoms. The lowest BCUT2D eigenvalue weighted by molar-refractivity contribution is -0.182. The Morgan fingerprint density at radius 3 is 1.16 bits per heavy atom. The summed E-state index contributed by atoms with van der Waals surface area (Å²) < 4.78 is 22.6. The fourth-order valence-corrected chi connectivity index (χ4v) is 4.85. The van der Waals surface area contributed by atoms with Crippen molar-refractivity contribution >= 4 is 11.9 Å². The molecular weight excluding hydrogens is 420 g/mol. The van der Waals surface area contributed by atoms with Gasteiger partial charge in [0.05, 0.1) is 26.4 Å². The highest BCUT2D eigenvalue weighted by molar-refractivity contribution is 6.27. The molecule has 0 aromatic heterocycles. The van der Waals surface area contributed by atoms with Crippen LogP contribution in [-0.2, 0) is 28.5 Å². The molecule has 0 amide bonds. The summed E-state index contributed by atoms with van der Waals surface area (Å²) in [7, 11) is 0. The summed E-state index contributed by atoms with van der Waals surface area (Å²) in [5.41, 5.74) is 11.1. The summed E-state index contributed by atoms with van der Waals surface area (Å²) in [4.78, 5) is 18.2. The van der Waals surface area contributed by atoms with Gasteiger partial charge in [-0.25, -0.2) is 9.59 Å². The first-order valence-electron chi connectivity index (χ1n) is 11.8. The number of hydrogen-bond acceptors (Lipinski definition) is 8. The van der Waals surface area contributed by atoms with Gasteiger partial charge in [0, 0.05) is 25.7 Å². The van der Waals surface area contributed by atoms with Crippen LogP contribution < -0.4 is 11.5 Å². The van der Waals surface area contributed by atoms with E-state index in [4.69, 9.17) is 50.2 Å². The van der Waals surface area contributed by atoms with E-state index in [9.17, 15) is 0 Å². The van der Waals surface area contributed by atoms with E-state index in [-0.39, 0.29) is 11.6 Å². The number of ether oxygens (including phenoxy) is 4. The lowest BCUT2D eigenvalue weighted by Crippen LogP contribution is -2.35. The normalized spacial score (nSPS) is 26.1. The van der Waals surface area contributed by atoms with Crippen LogP contribution in [0.5, 0.6) is 0 Å². The molecule has 2 heterocycles. The lowest BCUT2D eigenvalue weighted by Gasteiger charge is -2.35. The summed E-state index contributed by atoms with van der Waals surface area (Å²) in [6.45, 7) is 4.75. The Kier molecular flexibility index (Phi) is 11.3. The zero-order valence-electron chi connectivity index (χ0n) is 19.0. The first-order valence-corrected chi connectivity index (χ1v) is 11.8. The molecule has 0 unspecified atom stereocenters. The Labute approximate surface area is 189 Å². The van der Waals surface area contributed by atoms with Gasteiger partial charge >= 0.3 is 11.9 Å². The minimum Gasteiger partial charge on any atom is -0.473 e. The molecule has 0 aromatic rings. The zero-order chi connectivity index (χ0) is 23.5. The first-order chi connectivity index (χ1) is 15.3. The molecular formula is C22H40N2O8. The van der Waals surface area contributed by atoms with Gasteiger partial charge in [0.2, 0.25) is 0 Å². The highest BCUT2D eigenvalue weighted by atomic mass is 16.7. The van der Waals surface area contributed by atoms with Gasteiger partial charge in [-0.2, -0.15) is 0 Å². The molecule has 2 saturated carbocycles. The number of rotatable bonds is 4. The van der Waals surface area contributed by atoms with Crippen LogP contribution in [0.1, 0.15) is 64.2 Å². The van der Waals surface area contributed by atoms with E-state index < -0.39 is 11.9 Å². The van der Waals surface area contributed by atoms with Gasteiger partial charge in [-0.05, 0) is 63.5 Å². The van der Waals surface area contributed by atoms with Crippen molar-refractivity contribution in [2.24, 2.45) is 23.3 Å². The molecule has 2 spiro atoms. The van der Waals surface area contributed by atoms with E-state index in [1.54, 1.807) is 0 Å². The average molecular weight is 461 g/mol. The molecule has 32 heavy (non-hydrogen) atoms. The molecule has 4 fully saturated rings. The summed E-state index contributed by atoms with van der Waals surface area (Å²) in [5, 5.41) is 14.8. The maximum Gasteiger partial charge on any atom is 0.414 e. The van der Waals surface area contributed by atoms with Gasteiger partial charge < -0.3 is 40.6 Å². The molecule has 0 radical (unpaired) electrons. The number of aliphatic carboxylic acids is 2. The average Bonchev–Trinajstić information content (AvgIpc) is 3.43. The third kappa shape index (κ3) is 8.57. The second-order valence-electron chi connectivity index (χ2n) is 8.87. The van der Waals surface area contributed by atoms with Gasteiger partial charge in [-0.3, -0.25) is 0 Å². The predicted octanol–water partition coefficient (Wildman–Crippen LogP) is 1.69. The minimum atomic E-state index is -1.82. The van der Waals surface area contributed by atoms with Gasteiger partial charge in [0.15, 0.2) is 11.6 Å². The van der Waals surface area contributed by atoms with Crippen molar-refractivity contribution in [2.45, 2.75) is 75.8 Å². The van der Waals surface area contributed by atoms with E-state index in [0.717, 1.165) is 89.9 Å². The van der Waals surface area contributed by atoms with Crippen LogP contribution in [0.2, 0.25) is 0 Å². The number of carbonyl (C=O) groups is 2. The van der Waals surface area contributed by atoms with Crippen molar-refractivity contribution in [2.75, 3.05) is 39.5 Å². The van der Waals surface area contributed by atoms with E-state index in [1.807, 2.05) is 0 Å². The molecule has 10 nitrogen and oxygen atoms in total. The second-order valence-corrected chi connectivity index (χ2v) is 8.87. The summed E-state index contributed by atoms with van der Waals surface area (Å²) in [5.74, 6) is -2.41. The SMILES string of the molecule is NCCC1CCC2(CC1)OCCO2.NCCC1CCC2(CC1)OCCO2.O=C(O)C(=O)O. The third-order valence-corrected chi connectivity index (χ3v) is 6.69. The Morgan fingerprint density at radius 2 is 0.938 bits per heavy atom. The summed E-state index contributed by atoms with van der Waals surface area (Å²) in [6.07, 6.45) is 11.5. The molecule has 4 rings (SSSR count). The molecule has 2 aliphatic heterocycles. The van der Waals surface area contributed by atoms with Crippen molar-refractivity contribution in [3.8, 4) is 0 Å². The van der Waals surface area contributed by atoms with Crippen LogP contribution in [0.3, 0.4) is 0 Å². The van der Waals surface area contributed by atoms with Crippen molar-refractivity contribution in [3.05, 3.63) is 0 Å². The maximum absolute atomic E-state index is 9.10. The largest absolute Gasteiger partial charge is 0.473 e. The van der Waals surface area contributed by atoms with Gasteiger partial charge in [0.25, 0.3) is 0 Å². The van der Waals surface area contributed by atoms with Gasteiger partial charge in [-0.1, -0.05) is 0 Å². The van der Waals surface area contributed by atoms with E-state index >= 15 is 0 Å². The van der Waals surface area contributed by atoms with Gasteiger partial charge in [0.1, 0.15) is 0 Å².